The van der Waals surface area contributed by atoms with Gasteiger partial charge in [-0.1, -0.05) is 13.3 Å². The van der Waals surface area contributed by atoms with Crippen LogP contribution in [0.15, 0.2) is 0 Å². The van der Waals surface area contributed by atoms with E-state index < -0.39 is 0 Å². The first-order chi connectivity index (χ1) is 8.72. The summed E-state index contributed by atoms with van der Waals surface area (Å²) in [7, 11) is 1.96. The molecule has 1 N–H and O–H groups in total. The van der Waals surface area contributed by atoms with Crippen molar-refractivity contribution in [1.82, 2.24) is 15.1 Å². The van der Waals surface area contributed by atoms with Crippen LogP contribution in [-0.4, -0.2) is 61.0 Å². The second kappa shape index (κ2) is 6.53. The number of likely N-dealkylation sites (N-methyl/N-ethyl adjacent to an activating group) is 2. The molecule has 2 atom stereocenters. The number of nitrogens with zero attached hydrogens (tertiary/aromatic N) is 2. The molecule has 1 unspecified atom stereocenters. The molecule has 0 aromatic carbocycles. The maximum atomic E-state index is 12.3. The molecule has 4 nitrogen and oxygen atoms in total. The SMILES string of the molecule is CCN1CCCC1CN(C)C(=O)[C@H]1CCCCN1. The van der Waals surface area contributed by atoms with Gasteiger partial charge in [-0.15, -0.1) is 0 Å². The van der Waals surface area contributed by atoms with E-state index in [1.165, 1.54) is 32.2 Å². The number of hydrogen-bond acceptors (Lipinski definition) is 3. The summed E-state index contributed by atoms with van der Waals surface area (Å²) < 4.78 is 0. The first-order valence-corrected chi connectivity index (χ1v) is 7.44. The van der Waals surface area contributed by atoms with Crippen molar-refractivity contribution in [3.05, 3.63) is 0 Å². The minimum atomic E-state index is 0.0697. The minimum absolute atomic E-state index is 0.0697. The second-order valence-corrected chi connectivity index (χ2v) is 5.65. The summed E-state index contributed by atoms with van der Waals surface area (Å²) in [6.45, 7) is 6.40. The molecule has 2 fully saturated rings. The fraction of sp³-hybridized carbons (Fsp3) is 0.929. The molecule has 0 aromatic rings. The van der Waals surface area contributed by atoms with Crippen LogP contribution in [0.4, 0.5) is 0 Å². The van der Waals surface area contributed by atoms with E-state index in [0.29, 0.717) is 6.04 Å². The van der Waals surface area contributed by atoms with Gasteiger partial charge < -0.3 is 10.2 Å². The fourth-order valence-electron chi connectivity index (χ4n) is 3.25. The number of amides is 1. The molecule has 4 heteroatoms. The maximum Gasteiger partial charge on any atom is 0.239 e. The first-order valence-electron chi connectivity index (χ1n) is 7.44. The molecule has 2 heterocycles. The van der Waals surface area contributed by atoms with Crippen LogP contribution in [0.5, 0.6) is 0 Å². The Bertz CT molecular complexity index is 276. The molecule has 104 valence electrons. The van der Waals surface area contributed by atoms with Gasteiger partial charge in [0, 0.05) is 19.6 Å². The van der Waals surface area contributed by atoms with Crippen molar-refractivity contribution in [3.63, 3.8) is 0 Å². The Hall–Kier alpha value is -0.610. The van der Waals surface area contributed by atoms with E-state index in [1.54, 1.807) is 0 Å². The highest BCUT2D eigenvalue weighted by Crippen LogP contribution is 2.18. The second-order valence-electron chi connectivity index (χ2n) is 5.65. The average Bonchev–Trinajstić information content (AvgIpc) is 2.86. The van der Waals surface area contributed by atoms with Gasteiger partial charge in [0.2, 0.25) is 5.91 Å². The van der Waals surface area contributed by atoms with Crippen molar-refractivity contribution in [1.29, 1.82) is 0 Å². The smallest absolute Gasteiger partial charge is 0.239 e. The van der Waals surface area contributed by atoms with E-state index in [1.807, 2.05) is 11.9 Å². The normalized spacial score (nSPS) is 29.4. The van der Waals surface area contributed by atoms with Crippen molar-refractivity contribution in [2.24, 2.45) is 0 Å². The Morgan fingerprint density at radius 2 is 2.17 bits per heavy atom. The van der Waals surface area contributed by atoms with E-state index >= 15 is 0 Å². The lowest BCUT2D eigenvalue weighted by atomic mass is 10.0. The van der Waals surface area contributed by atoms with E-state index in [4.69, 9.17) is 0 Å². The monoisotopic (exact) mass is 253 g/mol. The van der Waals surface area contributed by atoms with E-state index in [2.05, 4.69) is 17.1 Å². The topological polar surface area (TPSA) is 35.6 Å². The van der Waals surface area contributed by atoms with Gasteiger partial charge in [-0.05, 0) is 45.3 Å². The highest BCUT2D eigenvalue weighted by atomic mass is 16.2. The highest BCUT2D eigenvalue weighted by Gasteiger charge is 2.28. The van der Waals surface area contributed by atoms with Crippen molar-refractivity contribution in [2.75, 3.05) is 33.2 Å². The van der Waals surface area contributed by atoms with Crippen molar-refractivity contribution in [3.8, 4) is 0 Å². The third-order valence-corrected chi connectivity index (χ3v) is 4.37. The lowest BCUT2D eigenvalue weighted by Crippen LogP contribution is -2.50. The molecule has 0 radical (unpaired) electrons. The van der Waals surface area contributed by atoms with Crippen LogP contribution in [0.3, 0.4) is 0 Å². The maximum absolute atomic E-state index is 12.3. The number of carbonyl (C=O) groups excluding carboxylic acids is 1. The summed E-state index contributed by atoms with van der Waals surface area (Å²) in [6, 6.07) is 0.646. The largest absolute Gasteiger partial charge is 0.343 e. The number of rotatable bonds is 4. The molecule has 18 heavy (non-hydrogen) atoms. The molecule has 0 aromatic heterocycles. The van der Waals surface area contributed by atoms with Crippen molar-refractivity contribution in [2.45, 2.75) is 51.1 Å². The van der Waals surface area contributed by atoms with Crippen molar-refractivity contribution < 1.29 is 4.79 Å². The molecule has 2 rings (SSSR count). The summed E-state index contributed by atoms with van der Waals surface area (Å²) in [5.74, 6) is 0.289. The van der Waals surface area contributed by atoms with Crippen LogP contribution >= 0.6 is 0 Å². The Kier molecular flexibility index (Phi) is 5.01. The van der Waals surface area contributed by atoms with Crippen LogP contribution in [0.2, 0.25) is 0 Å². The number of piperidine rings is 1. The van der Waals surface area contributed by atoms with Crippen LogP contribution in [0.25, 0.3) is 0 Å². The summed E-state index contributed by atoms with van der Waals surface area (Å²) in [6.07, 6.45) is 5.92. The van der Waals surface area contributed by atoms with Crippen LogP contribution < -0.4 is 5.32 Å². The summed E-state index contributed by atoms with van der Waals surface area (Å²) in [5, 5.41) is 3.35. The predicted molar refractivity (Wildman–Crippen MR) is 73.5 cm³/mol. The number of carbonyl (C=O) groups is 1. The Morgan fingerprint density at radius 3 is 2.83 bits per heavy atom. The molecule has 1 amide bonds. The van der Waals surface area contributed by atoms with Crippen LogP contribution in [-0.2, 0) is 4.79 Å². The van der Waals surface area contributed by atoms with Gasteiger partial charge in [0.25, 0.3) is 0 Å². The van der Waals surface area contributed by atoms with Gasteiger partial charge >= 0.3 is 0 Å². The molecule has 2 aliphatic heterocycles. The molecular formula is C14H27N3O. The third-order valence-electron chi connectivity index (χ3n) is 4.37. The van der Waals surface area contributed by atoms with E-state index in [-0.39, 0.29) is 11.9 Å². The fourth-order valence-corrected chi connectivity index (χ4v) is 3.25. The van der Waals surface area contributed by atoms with Gasteiger partial charge in [-0.3, -0.25) is 9.69 Å². The summed E-state index contributed by atoms with van der Waals surface area (Å²) in [4.78, 5) is 16.8. The molecule has 0 saturated carbocycles. The van der Waals surface area contributed by atoms with E-state index in [0.717, 1.165) is 26.1 Å². The average molecular weight is 253 g/mol. The molecule has 2 saturated heterocycles. The van der Waals surface area contributed by atoms with Gasteiger partial charge in [0.1, 0.15) is 0 Å². The standard InChI is InChI=1S/C14H27N3O/c1-3-17-10-6-7-12(17)11-16(2)14(18)13-8-4-5-9-15-13/h12-13,15H,3-11H2,1-2H3/t12?,13-/m1/s1. The lowest BCUT2D eigenvalue weighted by Gasteiger charge is -2.31. The first kappa shape index (κ1) is 13.8. The van der Waals surface area contributed by atoms with Gasteiger partial charge in [0.15, 0.2) is 0 Å². The summed E-state index contributed by atoms with van der Waals surface area (Å²) >= 11 is 0. The summed E-state index contributed by atoms with van der Waals surface area (Å²) in [5.41, 5.74) is 0. The number of nitrogens with one attached hydrogen (secondary N) is 1. The Balaban J connectivity index is 1.82. The zero-order valence-electron chi connectivity index (χ0n) is 11.8. The lowest BCUT2D eigenvalue weighted by molar-refractivity contribution is -0.133. The van der Waals surface area contributed by atoms with Gasteiger partial charge in [0.05, 0.1) is 6.04 Å². The van der Waals surface area contributed by atoms with Gasteiger partial charge in [-0.2, -0.15) is 0 Å². The van der Waals surface area contributed by atoms with Gasteiger partial charge in [-0.25, -0.2) is 0 Å². The molecule has 0 spiro atoms. The molecule has 2 aliphatic rings. The van der Waals surface area contributed by atoms with Crippen molar-refractivity contribution >= 4 is 5.91 Å². The zero-order chi connectivity index (χ0) is 13.0. The Morgan fingerprint density at radius 1 is 1.33 bits per heavy atom. The quantitative estimate of drug-likeness (QED) is 0.814. The predicted octanol–water partition coefficient (Wildman–Crippen LogP) is 1.07. The zero-order valence-corrected chi connectivity index (χ0v) is 11.8. The molecular weight excluding hydrogens is 226 g/mol. The third kappa shape index (κ3) is 3.23. The van der Waals surface area contributed by atoms with E-state index in [9.17, 15) is 4.79 Å². The molecule has 0 bridgehead atoms. The minimum Gasteiger partial charge on any atom is -0.343 e. The highest BCUT2D eigenvalue weighted by molar-refractivity contribution is 5.81. The molecule has 0 aliphatic carbocycles. The van der Waals surface area contributed by atoms with Crippen LogP contribution in [0.1, 0.15) is 39.0 Å². The van der Waals surface area contributed by atoms with Crippen LogP contribution in [0, 0.1) is 0 Å². The number of likely N-dealkylation sites (tertiary alicyclic amines) is 1. The Labute approximate surface area is 111 Å². The number of hydrogen-bond donors (Lipinski definition) is 1.